The molecule has 1 fully saturated rings. The molecule has 0 spiro atoms. The van der Waals surface area contributed by atoms with Gasteiger partial charge in [0.1, 0.15) is 11.3 Å². The molecule has 0 heterocycles. The van der Waals surface area contributed by atoms with Gasteiger partial charge < -0.3 is 9.47 Å². The number of rotatable bonds is 3. The molecule has 1 aromatic rings. The van der Waals surface area contributed by atoms with Crippen LogP contribution in [0.4, 0.5) is 8.78 Å². The number of hydrogen-bond acceptors (Lipinski definition) is 3. The number of esters is 1. The molecule has 0 N–H and O–H groups in total. The summed E-state index contributed by atoms with van der Waals surface area (Å²) in [6.07, 6.45) is -0.0427. The maximum Gasteiger partial charge on any atom is 0.341 e. The summed E-state index contributed by atoms with van der Waals surface area (Å²) in [5.74, 6) is -2.67. The fourth-order valence-electron chi connectivity index (χ4n) is 2.18. The van der Waals surface area contributed by atoms with E-state index >= 15 is 0 Å². The minimum Gasteiger partial charge on any atom is -0.489 e. The molecule has 0 aliphatic heterocycles. The zero-order chi connectivity index (χ0) is 14.8. The third kappa shape index (κ3) is 3.80. The highest BCUT2D eigenvalue weighted by molar-refractivity contribution is 14.1. The lowest BCUT2D eigenvalue weighted by atomic mass is 9.94. The van der Waals surface area contributed by atoms with Crippen LogP contribution >= 0.6 is 22.6 Å². The maximum atomic E-state index is 13.1. The average Bonchev–Trinajstić information content (AvgIpc) is 2.40. The normalized spacial score (nSPS) is 18.6. The van der Waals surface area contributed by atoms with Crippen molar-refractivity contribution in [1.29, 1.82) is 0 Å². The molecule has 1 saturated carbocycles. The molecule has 110 valence electrons. The topological polar surface area (TPSA) is 35.5 Å². The van der Waals surface area contributed by atoms with Crippen molar-refractivity contribution in [1.82, 2.24) is 0 Å². The van der Waals surface area contributed by atoms with Crippen LogP contribution in [0, 0.1) is 3.57 Å². The van der Waals surface area contributed by atoms with E-state index in [0.717, 1.165) is 3.57 Å². The van der Waals surface area contributed by atoms with Crippen LogP contribution in [0.1, 0.15) is 36.0 Å². The van der Waals surface area contributed by atoms with Crippen LogP contribution in [0.5, 0.6) is 5.75 Å². The van der Waals surface area contributed by atoms with E-state index in [9.17, 15) is 13.6 Å². The number of ether oxygens (including phenoxy) is 2. The molecular formula is C14H15F2IO3. The van der Waals surface area contributed by atoms with Crippen LogP contribution in [0.2, 0.25) is 0 Å². The minimum atomic E-state index is -2.59. The number of benzene rings is 1. The predicted octanol–water partition coefficient (Wildman–Crippen LogP) is 4.03. The molecule has 0 radical (unpaired) electrons. The standard InChI is InChI=1S/C14H15F2IO3/c1-19-13(18)11-3-2-9(17)8-12(11)20-10-4-6-14(15,16)7-5-10/h2-3,8,10H,4-7H2,1H3. The van der Waals surface area contributed by atoms with E-state index in [1.807, 2.05) is 0 Å². The SMILES string of the molecule is COC(=O)c1ccc(I)cc1OC1CCC(F)(F)CC1. The molecule has 0 unspecified atom stereocenters. The predicted molar refractivity (Wildman–Crippen MR) is 78.3 cm³/mol. The number of methoxy groups -OCH3 is 1. The largest absolute Gasteiger partial charge is 0.489 e. The van der Waals surface area contributed by atoms with E-state index in [2.05, 4.69) is 22.6 Å². The summed E-state index contributed by atoms with van der Waals surface area (Å²) in [6.45, 7) is 0. The summed E-state index contributed by atoms with van der Waals surface area (Å²) in [5.41, 5.74) is 0.324. The van der Waals surface area contributed by atoms with Crippen molar-refractivity contribution >= 4 is 28.6 Å². The van der Waals surface area contributed by atoms with Gasteiger partial charge in [-0.05, 0) is 53.6 Å². The number of carbonyl (C=O) groups is 1. The minimum absolute atomic E-state index is 0.171. The Kier molecular flexibility index (Phi) is 4.82. The fraction of sp³-hybridized carbons (Fsp3) is 0.500. The summed E-state index contributed by atoms with van der Waals surface area (Å²) in [7, 11) is 1.30. The van der Waals surface area contributed by atoms with Gasteiger partial charge in [0, 0.05) is 16.4 Å². The number of hydrogen-bond donors (Lipinski definition) is 0. The van der Waals surface area contributed by atoms with Crippen LogP contribution in [-0.4, -0.2) is 25.1 Å². The van der Waals surface area contributed by atoms with Gasteiger partial charge in [-0.1, -0.05) is 0 Å². The van der Waals surface area contributed by atoms with E-state index in [0.29, 0.717) is 24.2 Å². The van der Waals surface area contributed by atoms with E-state index in [1.165, 1.54) is 7.11 Å². The molecule has 1 aliphatic rings. The Morgan fingerprint density at radius 3 is 2.60 bits per heavy atom. The van der Waals surface area contributed by atoms with Crippen LogP contribution in [0.3, 0.4) is 0 Å². The van der Waals surface area contributed by atoms with E-state index in [1.54, 1.807) is 18.2 Å². The van der Waals surface area contributed by atoms with Gasteiger partial charge in [0.05, 0.1) is 13.2 Å². The summed E-state index contributed by atoms with van der Waals surface area (Å²) in [6, 6.07) is 5.12. The Labute approximate surface area is 129 Å². The third-order valence-electron chi connectivity index (χ3n) is 3.31. The highest BCUT2D eigenvalue weighted by atomic mass is 127. The lowest BCUT2D eigenvalue weighted by Gasteiger charge is -2.29. The Balaban J connectivity index is 2.12. The van der Waals surface area contributed by atoms with Crippen LogP contribution < -0.4 is 4.74 Å². The molecular weight excluding hydrogens is 381 g/mol. The third-order valence-corrected chi connectivity index (χ3v) is 3.98. The summed E-state index contributed by atoms with van der Waals surface area (Å²) >= 11 is 2.11. The lowest BCUT2D eigenvalue weighted by molar-refractivity contribution is -0.0583. The second kappa shape index (κ2) is 6.24. The summed E-state index contributed by atoms with van der Waals surface area (Å²) in [4.78, 5) is 11.7. The molecule has 0 atom stereocenters. The van der Waals surface area contributed by atoms with Gasteiger partial charge in [0.25, 0.3) is 0 Å². The first-order chi connectivity index (χ1) is 9.41. The van der Waals surface area contributed by atoms with Gasteiger partial charge in [0.2, 0.25) is 5.92 Å². The van der Waals surface area contributed by atoms with Crippen LogP contribution in [0.15, 0.2) is 18.2 Å². The number of alkyl halides is 2. The van der Waals surface area contributed by atoms with Gasteiger partial charge in [-0.25, -0.2) is 13.6 Å². The second-order valence-corrected chi connectivity index (χ2v) is 6.05. The number of carbonyl (C=O) groups excluding carboxylic acids is 1. The quantitative estimate of drug-likeness (QED) is 0.572. The summed E-state index contributed by atoms with van der Waals surface area (Å²) in [5, 5.41) is 0. The van der Waals surface area contributed by atoms with Crippen molar-refractivity contribution in [2.24, 2.45) is 0 Å². The van der Waals surface area contributed by atoms with E-state index in [4.69, 9.17) is 9.47 Å². The van der Waals surface area contributed by atoms with Crippen LogP contribution in [0.25, 0.3) is 0 Å². The van der Waals surface area contributed by atoms with Crippen LogP contribution in [-0.2, 0) is 4.74 Å². The first-order valence-corrected chi connectivity index (χ1v) is 7.41. The first kappa shape index (κ1) is 15.5. The lowest BCUT2D eigenvalue weighted by Crippen LogP contribution is -2.31. The van der Waals surface area contributed by atoms with Crippen molar-refractivity contribution in [3.63, 3.8) is 0 Å². The molecule has 0 amide bonds. The van der Waals surface area contributed by atoms with Crippen molar-refractivity contribution < 1.29 is 23.0 Å². The molecule has 0 aromatic heterocycles. The van der Waals surface area contributed by atoms with Gasteiger partial charge in [0.15, 0.2) is 0 Å². The van der Waals surface area contributed by atoms with E-state index < -0.39 is 11.9 Å². The Hall–Kier alpha value is -0.920. The van der Waals surface area contributed by atoms with Crippen molar-refractivity contribution in [3.8, 4) is 5.75 Å². The Morgan fingerprint density at radius 1 is 1.35 bits per heavy atom. The first-order valence-electron chi connectivity index (χ1n) is 6.33. The van der Waals surface area contributed by atoms with Gasteiger partial charge in [-0.2, -0.15) is 0 Å². The van der Waals surface area contributed by atoms with Gasteiger partial charge >= 0.3 is 5.97 Å². The smallest absolute Gasteiger partial charge is 0.341 e. The second-order valence-electron chi connectivity index (χ2n) is 4.81. The van der Waals surface area contributed by atoms with Gasteiger partial charge in [-0.3, -0.25) is 0 Å². The molecule has 3 nitrogen and oxygen atoms in total. The zero-order valence-corrected chi connectivity index (χ0v) is 13.2. The molecule has 0 bridgehead atoms. The summed E-state index contributed by atoms with van der Waals surface area (Å²) < 4.78 is 37.6. The highest BCUT2D eigenvalue weighted by Gasteiger charge is 2.36. The Bertz CT molecular complexity index is 495. The number of halogens is 3. The molecule has 1 aliphatic carbocycles. The van der Waals surface area contributed by atoms with Crippen molar-refractivity contribution in [2.75, 3.05) is 7.11 Å². The average molecular weight is 396 g/mol. The van der Waals surface area contributed by atoms with E-state index in [-0.39, 0.29) is 18.9 Å². The molecule has 1 aromatic carbocycles. The monoisotopic (exact) mass is 396 g/mol. The molecule has 20 heavy (non-hydrogen) atoms. The van der Waals surface area contributed by atoms with Gasteiger partial charge in [-0.15, -0.1) is 0 Å². The van der Waals surface area contributed by atoms with Crippen molar-refractivity contribution in [3.05, 3.63) is 27.3 Å². The zero-order valence-electron chi connectivity index (χ0n) is 11.0. The maximum absolute atomic E-state index is 13.1. The fourth-order valence-corrected chi connectivity index (χ4v) is 2.65. The molecule has 0 saturated heterocycles. The molecule has 6 heteroatoms. The highest BCUT2D eigenvalue weighted by Crippen LogP contribution is 2.35. The molecule has 2 rings (SSSR count). The Morgan fingerprint density at radius 2 is 2.00 bits per heavy atom. The van der Waals surface area contributed by atoms with Crippen molar-refractivity contribution in [2.45, 2.75) is 37.7 Å².